The first-order valence-electron chi connectivity index (χ1n) is 11.0. The molecule has 3 rings (SSSR count). The molecule has 2 fully saturated rings. The van der Waals surface area contributed by atoms with Crippen molar-refractivity contribution < 1.29 is 23.8 Å². The largest absolute Gasteiger partial charge is 0.493 e. The maximum absolute atomic E-state index is 13.3. The van der Waals surface area contributed by atoms with Crippen molar-refractivity contribution in [2.75, 3.05) is 45.4 Å². The number of hydrogen-bond donors (Lipinski definition) is 1. The lowest BCUT2D eigenvalue weighted by Gasteiger charge is -2.33. The van der Waals surface area contributed by atoms with Crippen LogP contribution in [-0.2, 0) is 16.1 Å². The fourth-order valence-corrected chi connectivity index (χ4v) is 4.89. The van der Waals surface area contributed by atoms with E-state index in [2.05, 4.69) is 5.32 Å². The van der Waals surface area contributed by atoms with Gasteiger partial charge in [0.25, 0.3) is 0 Å². The van der Waals surface area contributed by atoms with Crippen LogP contribution in [0, 0.1) is 0 Å². The van der Waals surface area contributed by atoms with E-state index in [0.717, 1.165) is 30.2 Å². The minimum Gasteiger partial charge on any atom is -0.493 e. The zero-order valence-electron chi connectivity index (χ0n) is 19.7. The molecule has 1 aromatic rings. The van der Waals surface area contributed by atoms with E-state index in [1.807, 2.05) is 55.6 Å². The number of carbonyl (C=O) groups excluding carboxylic acids is 2. The van der Waals surface area contributed by atoms with Gasteiger partial charge in [-0.3, -0.25) is 9.69 Å². The van der Waals surface area contributed by atoms with Gasteiger partial charge >= 0.3 is 6.09 Å². The molecular weight excluding hydrogens is 430 g/mol. The Balaban J connectivity index is 1.69. The molecule has 1 aromatic carbocycles. The van der Waals surface area contributed by atoms with Crippen LogP contribution in [0.2, 0.25) is 0 Å². The molecule has 32 heavy (non-hydrogen) atoms. The van der Waals surface area contributed by atoms with Crippen LogP contribution in [0.4, 0.5) is 4.79 Å². The summed E-state index contributed by atoms with van der Waals surface area (Å²) in [4.78, 5) is 29.6. The number of rotatable bonds is 6. The summed E-state index contributed by atoms with van der Waals surface area (Å²) in [5.41, 5.74) is 0.423. The zero-order chi connectivity index (χ0) is 23.3. The van der Waals surface area contributed by atoms with Crippen molar-refractivity contribution in [3.8, 4) is 11.5 Å². The lowest BCUT2D eigenvalue weighted by molar-refractivity contribution is -0.135. The van der Waals surface area contributed by atoms with Crippen molar-refractivity contribution >= 4 is 23.8 Å². The molecule has 2 unspecified atom stereocenters. The van der Waals surface area contributed by atoms with Crippen molar-refractivity contribution in [1.29, 1.82) is 0 Å². The fourth-order valence-electron chi connectivity index (χ4n) is 3.99. The van der Waals surface area contributed by atoms with E-state index in [1.54, 1.807) is 19.1 Å². The first kappa shape index (κ1) is 24.5. The Bertz CT molecular complexity index is 807. The minimum absolute atomic E-state index is 0.0104. The topological polar surface area (TPSA) is 80.3 Å². The predicted octanol–water partition coefficient (Wildman–Crippen LogP) is 2.75. The Morgan fingerprint density at radius 3 is 2.44 bits per heavy atom. The van der Waals surface area contributed by atoms with E-state index in [-0.39, 0.29) is 11.9 Å². The lowest BCUT2D eigenvalue weighted by Crippen LogP contribution is -2.50. The number of nitrogens with zero attached hydrogens (tertiary/aromatic N) is 2. The molecule has 1 N–H and O–H groups in total. The normalized spacial score (nSPS) is 21.4. The van der Waals surface area contributed by atoms with Gasteiger partial charge in [-0.05, 0) is 44.9 Å². The van der Waals surface area contributed by atoms with Gasteiger partial charge < -0.3 is 24.4 Å². The first-order valence-corrected chi connectivity index (χ1v) is 12.2. The van der Waals surface area contributed by atoms with E-state index in [0.29, 0.717) is 31.0 Å². The monoisotopic (exact) mass is 465 g/mol. The Morgan fingerprint density at radius 1 is 1.12 bits per heavy atom. The summed E-state index contributed by atoms with van der Waals surface area (Å²) >= 11 is 1.85. The summed E-state index contributed by atoms with van der Waals surface area (Å²) in [7, 11) is 3.22. The number of nitrogens with one attached hydrogen (secondary N) is 1. The third kappa shape index (κ3) is 6.22. The van der Waals surface area contributed by atoms with E-state index in [9.17, 15) is 9.59 Å². The van der Waals surface area contributed by atoms with E-state index in [1.165, 1.54) is 0 Å². The summed E-state index contributed by atoms with van der Waals surface area (Å²) in [6, 6.07) is 5.27. The van der Waals surface area contributed by atoms with Gasteiger partial charge in [-0.15, -0.1) is 0 Å². The highest BCUT2D eigenvalue weighted by atomic mass is 32.2. The third-order valence-corrected chi connectivity index (χ3v) is 6.52. The number of methoxy groups -OCH3 is 2. The molecule has 0 aliphatic carbocycles. The molecule has 2 heterocycles. The maximum atomic E-state index is 13.3. The van der Waals surface area contributed by atoms with Crippen LogP contribution < -0.4 is 14.8 Å². The molecule has 2 amide bonds. The SMILES string of the molecule is COc1ccc(CNC2CC(C(=O)N3CCSCC3)N(C(=O)OC(C)(C)C)C2)cc1OC. The van der Waals surface area contributed by atoms with Crippen LogP contribution in [0.5, 0.6) is 11.5 Å². The molecule has 0 bridgehead atoms. The van der Waals surface area contributed by atoms with Gasteiger partial charge in [-0.1, -0.05) is 6.07 Å². The van der Waals surface area contributed by atoms with Gasteiger partial charge in [0, 0.05) is 43.7 Å². The van der Waals surface area contributed by atoms with Gasteiger partial charge in [0.1, 0.15) is 11.6 Å². The van der Waals surface area contributed by atoms with Gasteiger partial charge in [-0.2, -0.15) is 11.8 Å². The van der Waals surface area contributed by atoms with E-state index in [4.69, 9.17) is 14.2 Å². The predicted molar refractivity (Wildman–Crippen MR) is 125 cm³/mol. The Hall–Kier alpha value is -2.13. The number of benzene rings is 1. The Labute approximate surface area is 194 Å². The van der Waals surface area contributed by atoms with Crippen molar-refractivity contribution in [3.63, 3.8) is 0 Å². The first-order chi connectivity index (χ1) is 15.2. The number of ether oxygens (including phenoxy) is 3. The average molecular weight is 466 g/mol. The molecule has 0 aromatic heterocycles. The maximum Gasteiger partial charge on any atom is 0.411 e. The third-order valence-electron chi connectivity index (χ3n) is 5.58. The van der Waals surface area contributed by atoms with Crippen LogP contribution in [0.15, 0.2) is 18.2 Å². The fraction of sp³-hybridized carbons (Fsp3) is 0.652. The number of thioether (sulfide) groups is 1. The quantitative estimate of drug-likeness (QED) is 0.692. The number of likely N-dealkylation sites (tertiary alicyclic amines) is 1. The molecule has 0 spiro atoms. The van der Waals surface area contributed by atoms with E-state index >= 15 is 0 Å². The summed E-state index contributed by atoms with van der Waals surface area (Å²) in [5.74, 6) is 3.24. The summed E-state index contributed by atoms with van der Waals surface area (Å²) in [6.45, 7) is 8.00. The van der Waals surface area contributed by atoms with Gasteiger partial charge in [0.05, 0.1) is 14.2 Å². The molecule has 8 nitrogen and oxygen atoms in total. The summed E-state index contributed by atoms with van der Waals surface area (Å²) in [5, 5.41) is 3.50. The van der Waals surface area contributed by atoms with E-state index < -0.39 is 17.7 Å². The summed E-state index contributed by atoms with van der Waals surface area (Å²) in [6.07, 6.45) is 0.132. The molecule has 2 aliphatic heterocycles. The second-order valence-corrected chi connectivity index (χ2v) is 10.3. The smallest absolute Gasteiger partial charge is 0.411 e. The lowest BCUT2D eigenvalue weighted by atomic mass is 10.1. The van der Waals surface area contributed by atoms with Crippen LogP contribution in [-0.4, -0.2) is 84.8 Å². The molecular formula is C23H35N3O5S. The highest BCUT2D eigenvalue weighted by molar-refractivity contribution is 7.99. The van der Waals surface area contributed by atoms with Crippen LogP contribution in [0.25, 0.3) is 0 Å². The highest BCUT2D eigenvalue weighted by Crippen LogP contribution is 2.28. The zero-order valence-corrected chi connectivity index (χ0v) is 20.5. The molecule has 9 heteroatoms. The van der Waals surface area contributed by atoms with Crippen LogP contribution >= 0.6 is 11.8 Å². The molecule has 178 valence electrons. The van der Waals surface area contributed by atoms with Gasteiger partial charge in [0.2, 0.25) is 5.91 Å². The molecule has 2 aliphatic rings. The second-order valence-electron chi connectivity index (χ2n) is 9.09. The average Bonchev–Trinajstić information content (AvgIpc) is 3.21. The number of amides is 2. The molecule has 0 radical (unpaired) electrons. The van der Waals surface area contributed by atoms with Crippen LogP contribution in [0.3, 0.4) is 0 Å². The van der Waals surface area contributed by atoms with Crippen molar-refractivity contribution in [2.24, 2.45) is 0 Å². The Morgan fingerprint density at radius 2 is 1.81 bits per heavy atom. The second kappa shape index (κ2) is 10.7. The van der Waals surface area contributed by atoms with Crippen molar-refractivity contribution in [1.82, 2.24) is 15.1 Å². The standard InChI is InChI=1S/C23H35N3O5S/c1-23(2,3)31-22(28)26-15-17(13-18(26)21(27)25-8-10-32-11-9-25)24-14-16-6-7-19(29-4)20(12-16)30-5/h6-7,12,17-18,24H,8-11,13-15H2,1-5H3. The number of hydrogen-bond acceptors (Lipinski definition) is 7. The van der Waals surface area contributed by atoms with Crippen molar-refractivity contribution in [2.45, 2.75) is 51.4 Å². The van der Waals surface area contributed by atoms with Crippen molar-refractivity contribution in [3.05, 3.63) is 23.8 Å². The molecule has 2 atom stereocenters. The Kier molecular flexibility index (Phi) is 8.16. The number of carbonyl (C=O) groups is 2. The van der Waals surface area contributed by atoms with Gasteiger partial charge in [0.15, 0.2) is 11.5 Å². The summed E-state index contributed by atoms with van der Waals surface area (Å²) < 4.78 is 16.3. The molecule has 0 saturated carbocycles. The molecule has 2 saturated heterocycles. The van der Waals surface area contributed by atoms with Crippen LogP contribution in [0.1, 0.15) is 32.8 Å². The van der Waals surface area contributed by atoms with Gasteiger partial charge in [-0.25, -0.2) is 4.79 Å². The minimum atomic E-state index is -0.613. The highest BCUT2D eigenvalue weighted by Gasteiger charge is 2.43.